The third-order valence-electron chi connectivity index (χ3n) is 1.80. The second-order valence-corrected chi connectivity index (χ2v) is 5.50. The highest BCUT2D eigenvalue weighted by molar-refractivity contribution is 5.83. The molecule has 0 radical (unpaired) electrons. The van der Waals surface area contributed by atoms with Gasteiger partial charge in [-0.2, -0.15) is 0 Å². The number of carbonyl (C=O) groups is 2. The summed E-state index contributed by atoms with van der Waals surface area (Å²) in [6.45, 7) is 10.5. The van der Waals surface area contributed by atoms with Crippen LogP contribution >= 0.6 is 0 Å². The van der Waals surface area contributed by atoms with Crippen LogP contribution in [0.5, 0.6) is 0 Å². The molecule has 2 amide bonds. The van der Waals surface area contributed by atoms with E-state index < -0.39 is 0 Å². The van der Waals surface area contributed by atoms with Crippen LogP contribution in [0.2, 0.25) is 0 Å². The summed E-state index contributed by atoms with van der Waals surface area (Å²) in [6.07, 6.45) is 0.510. The predicted molar refractivity (Wildman–Crippen MR) is 65.0 cm³/mol. The van der Waals surface area contributed by atoms with Gasteiger partial charge in [0.2, 0.25) is 11.8 Å². The van der Waals surface area contributed by atoms with Crippen LogP contribution in [0.15, 0.2) is 0 Å². The maximum atomic E-state index is 11.4. The Labute approximate surface area is 98.2 Å². The molecule has 0 saturated heterocycles. The third kappa shape index (κ3) is 9.49. The zero-order valence-electron chi connectivity index (χ0n) is 11.0. The standard InChI is InChI=1S/C12H24N2O2/c1-9(2)8-13-10(15)6-7-11(16)14-12(3,4)5/h9H,6-8H2,1-5H3,(H,13,15)(H,14,16). The molecule has 0 aliphatic heterocycles. The summed E-state index contributed by atoms with van der Waals surface area (Å²) in [7, 11) is 0. The van der Waals surface area contributed by atoms with Gasteiger partial charge in [-0.3, -0.25) is 9.59 Å². The molecule has 0 heterocycles. The molecule has 0 bridgehead atoms. The van der Waals surface area contributed by atoms with Crippen molar-refractivity contribution in [1.82, 2.24) is 10.6 Å². The zero-order chi connectivity index (χ0) is 12.8. The Morgan fingerprint density at radius 3 is 2.00 bits per heavy atom. The van der Waals surface area contributed by atoms with E-state index in [9.17, 15) is 9.59 Å². The van der Waals surface area contributed by atoms with Crippen LogP contribution in [0.25, 0.3) is 0 Å². The third-order valence-corrected chi connectivity index (χ3v) is 1.80. The summed E-state index contributed by atoms with van der Waals surface area (Å²) in [5, 5.41) is 5.60. The van der Waals surface area contributed by atoms with Gasteiger partial charge in [-0.1, -0.05) is 13.8 Å². The number of amides is 2. The average molecular weight is 228 g/mol. The first-order valence-corrected chi connectivity index (χ1v) is 5.78. The van der Waals surface area contributed by atoms with Crippen molar-refractivity contribution >= 4 is 11.8 Å². The molecule has 94 valence electrons. The van der Waals surface area contributed by atoms with E-state index in [1.165, 1.54) is 0 Å². The van der Waals surface area contributed by atoms with Gasteiger partial charge in [0.25, 0.3) is 0 Å². The highest BCUT2D eigenvalue weighted by atomic mass is 16.2. The van der Waals surface area contributed by atoms with Crippen molar-refractivity contribution < 1.29 is 9.59 Å². The van der Waals surface area contributed by atoms with E-state index in [-0.39, 0.29) is 30.2 Å². The Balaban J connectivity index is 3.72. The van der Waals surface area contributed by atoms with Gasteiger partial charge in [0.05, 0.1) is 0 Å². The minimum absolute atomic E-state index is 0.0576. The molecule has 0 aromatic rings. The lowest BCUT2D eigenvalue weighted by atomic mass is 10.1. The minimum Gasteiger partial charge on any atom is -0.356 e. The summed E-state index contributed by atoms with van der Waals surface area (Å²) in [5.41, 5.74) is -0.231. The van der Waals surface area contributed by atoms with E-state index in [4.69, 9.17) is 0 Å². The van der Waals surface area contributed by atoms with Crippen LogP contribution in [0.4, 0.5) is 0 Å². The Hall–Kier alpha value is -1.06. The second kappa shape index (κ2) is 6.51. The first-order chi connectivity index (χ1) is 7.20. The molecule has 0 aromatic carbocycles. The van der Waals surface area contributed by atoms with Crippen LogP contribution in [-0.2, 0) is 9.59 Å². The van der Waals surface area contributed by atoms with Crippen molar-refractivity contribution in [3.8, 4) is 0 Å². The van der Waals surface area contributed by atoms with Crippen LogP contribution < -0.4 is 10.6 Å². The van der Waals surface area contributed by atoms with Gasteiger partial charge in [-0.25, -0.2) is 0 Å². The number of nitrogens with one attached hydrogen (secondary N) is 2. The SMILES string of the molecule is CC(C)CNC(=O)CCC(=O)NC(C)(C)C. The summed E-state index contributed by atoms with van der Waals surface area (Å²) >= 11 is 0. The summed E-state index contributed by atoms with van der Waals surface area (Å²) in [6, 6.07) is 0. The molecule has 4 nitrogen and oxygen atoms in total. The predicted octanol–water partition coefficient (Wildman–Crippen LogP) is 1.45. The molecule has 0 unspecified atom stereocenters. The molecule has 0 rings (SSSR count). The Bertz CT molecular complexity index is 242. The zero-order valence-corrected chi connectivity index (χ0v) is 11.0. The van der Waals surface area contributed by atoms with Gasteiger partial charge >= 0.3 is 0 Å². The summed E-state index contributed by atoms with van der Waals surface area (Å²) in [5.74, 6) is 0.303. The minimum atomic E-state index is -0.231. The van der Waals surface area contributed by atoms with E-state index in [1.54, 1.807) is 0 Å². The molecule has 0 atom stereocenters. The molecule has 0 aliphatic rings. The Morgan fingerprint density at radius 1 is 1.06 bits per heavy atom. The van der Waals surface area contributed by atoms with Gasteiger partial charge in [-0.15, -0.1) is 0 Å². The van der Waals surface area contributed by atoms with Crippen molar-refractivity contribution in [2.24, 2.45) is 5.92 Å². The van der Waals surface area contributed by atoms with E-state index in [0.717, 1.165) is 0 Å². The molecule has 0 fully saturated rings. The lowest BCUT2D eigenvalue weighted by molar-refractivity contribution is -0.127. The maximum absolute atomic E-state index is 11.4. The fourth-order valence-electron chi connectivity index (χ4n) is 1.11. The van der Waals surface area contributed by atoms with Crippen LogP contribution in [0, 0.1) is 5.92 Å². The van der Waals surface area contributed by atoms with Crippen molar-refractivity contribution in [2.75, 3.05) is 6.54 Å². The van der Waals surface area contributed by atoms with Gasteiger partial charge < -0.3 is 10.6 Å². The van der Waals surface area contributed by atoms with Crippen molar-refractivity contribution in [1.29, 1.82) is 0 Å². The first kappa shape index (κ1) is 14.9. The normalized spacial score (nSPS) is 11.4. The van der Waals surface area contributed by atoms with Gasteiger partial charge in [0, 0.05) is 24.9 Å². The Kier molecular flexibility index (Phi) is 6.08. The smallest absolute Gasteiger partial charge is 0.220 e. The molecule has 0 saturated carbocycles. The second-order valence-electron chi connectivity index (χ2n) is 5.50. The first-order valence-electron chi connectivity index (χ1n) is 5.78. The van der Waals surface area contributed by atoms with E-state index in [2.05, 4.69) is 10.6 Å². The number of hydrogen-bond donors (Lipinski definition) is 2. The van der Waals surface area contributed by atoms with Gasteiger partial charge in [-0.05, 0) is 26.7 Å². The van der Waals surface area contributed by atoms with Crippen molar-refractivity contribution in [2.45, 2.75) is 53.0 Å². The molecule has 0 spiro atoms. The monoisotopic (exact) mass is 228 g/mol. The highest BCUT2D eigenvalue weighted by Crippen LogP contribution is 2.00. The molecule has 16 heavy (non-hydrogen) atoms. The van der Waals surface area contributed by atoms with Crippen LogP contribution in [0.1, 0.15) is 47.5 Å². The van der Waals surface area contributed by atoms with Gasteiger partial charge in [0.15, 0.2) is 0 Å². The highest BCUT2D eigenvalue weighted by Gasteiger charge is 2.14. The maximum Gasteiger partial charge on any atom is 0.220 e. The van der Waals surface area contributed by atoms with Crippen LogP contribution in [-0.4, -0.2) is 23.9 Å². The number of carbonyl (C=O) groups excluding carboxylic acids is 2. The average Bonchev–Trinajstić information content (AvgIpc) is 2.08. The fraction of sp³-hybridized carbons (Fsp3) is 0.833. The molecule has 4 heteroatoms. The largest absolute Gasteiger partial charge is 0.356 e. The van der Waals surface area contributed by atoms with Crippen molar-refractivity contribution in [3.63, 3.8) is 0 Å². The number of hydrogen-bond acceptors (Lipinski definition) is 2. The summed E-state index contributed by atoms with van der Waals surface area (Å²) < 4.78 is 0. The quantitative estimate of drug-likeness (QED) is 0.748. The number of rotatable bonds is 5. The van der Waals surface area contributed by atoms with Crippen molar-refractivity contribution in [3.05, 3.63) is 0 Å². The van der Waals surface area contributed by atoms with E-state index >= 15 is 0 Å². The lowest BCUT2D eigenvalue weighted by Gasteiger charge is -2.20. The fourth-order valence-corrected chi connectivity index (χ4v) is 1.11. The molecule has 0 aliphatic carbocycles. The summed E-state index contributed by atoms with van der Waals surface area (Å²) in [4.78, 5) is 22.7. The topological polar surface area (TPSA) is 58.2 Å². The lowest BCUT2D eigenvalue weighted by Crippen LogP contribution is -2.41. The van der Waals surface area contributed by atoms with Gasteiger partial charge in [0.1, 0.15) is 0 Å². The molecular weight excluding hydrogens is 204 g/mol. The Morgan fingerprint density at radius 2 is 1.56 bits per heavy atom. The van der Waals surface area contributed by atoms with Crippen LogP contribution in [0.3, 0.4) is 0 Å². The van der Waals surface area contributed by atoms with E-state index in [0.29, 0.717) is 12.5 Å². The molecule has 2 N–H and O–H groups in total. The molecule has 0 aromatic heterocycles. The molecular formula is C12H24N2O2. The van der Waals surface area contributed by atoms with E-state index in [1.807, 2.05) is 34.6 Å².